The third-order valence-electron chi connectivity index (χ3n) is 4.93. The van der Waals surface area contributed by atoms with Crippen LogP contribution >= 0.6 is 0 Å². The zero-order valence-electron chi connectivity index (χ0n) is 13.7. The van der Waals surface area contributed by atoms with Crippen molar-refractivity contribution in [3.63, 3.8) is 0 Å². The fraction of sp³-hybridized carbons (Fsp3) is 0.350. The third-order valence-corrected chi connectivity index (χ3v) is 4.93. The van der Waals surface area contributed by atoms with Crippen LogP contribution in [0.3, 0.4) is 0 Å². The van der Waals surface area contributed by atoms with Crippen molar-refractivity contribution in [2.45, 2.75) is 44.6 Å². The number of nitrogens with zero attached hydrogens (tertiary/aromatic N) is 2. The Kier molecular flexibility index (Phi) is 3.57. The van der Waals surface area contributed by atoms with E-state index >= 15 is 0 Å². The average molecular weight is 317 g/mol. The number of aromatic nitrogens is 1. The molecule has 120 valence electrons. The first kappa shape index (κ1) is 14.9. The van der Waals surface area contributed by atoms with E-state index in [-0.39, 0.29) is 11.9 Å². The molecule has 0 aliphatic heterocycles. The zero-order chi connectivity index (χ0) is 16.7. The van der Waals surface area contributed by atoms with Crippen molar-refractivity contribution in [2.75, 3.05) is 0 Å². The minimum atomic E-state index is -0.0355. The van der Waals surface area contributed by atoms with Crippen molar-refractivity contribution in [1.82, 2.24) is 10.3 Å². The summed E-state index contributed by atoms with van der Waals surface area (Å²) in [6.45, 7) is 1.97. The van der Waals surface area contributed by atoms with Gasteiger partial charge in [0.25, 0.3) is 5.91 Å². The molecular weight excluding hydrogens is 298 g/mol. The summed E-state index contributed by atoms with van der Waals surface area (Å²) < 4.78 is 0. The Morgan fingerprint density at radius 1 is 1.25 bits per heavy atom. The molecule has 1 atom stereocenters. The van der Waals surface area contributed by atoms with E-state index in [1.807, 2.05) is 37.3 Å². The summed E-state index contributed by atoms with van der Waals surface area (Å²) in [6, 6.07) is 11.7. The number of hydrogen-bond acceptors (Lipinski definition) is 3. The first-order valence-electron chi connectivity index (χ1n) is 8.47. The van der Waals surface area contributed by atoms with E-state index in [0.29, 0.717) is 17.0 Å². The van der Waals surface area contributed by atoms with Gasteiger partial charge in [-0.1, -0.05) is 6.07 Å². The maximum Gasteiger partial charge on any atom is 0.253 e. The minimum Gasteiger partial charge on any atom is -0.345 e. The standard InChI is InChI=1S/C20H19N3O/c1-12-2-7-17(19(22-12)14-4-5-14)20(24)23-18-9-6-15-10-13(11-21)3-8-16(15)18/h2-3,7-8,10,14,18H,4-6,9H2,1H3,(H,23,24). The van der Waals surface area contributed by atoms with Gasteiger partial charge in [0.15, 0.2) is 0 Å². The molecule has 1 saturated carbocycles. The summed E-state index contributed by atoms with van der Waals surface area (Å²) in [6.07, 6.45) is 4.03. The van der Waals surface area contributed by atoms with E-state index < -0.39 is 0 Å². The van der Waals surface area contributed by atoms with Crippen molar-refractivity contribution in [3.05, 3.63) is 64.0 Å². The molecule has 1 unspecified atom stereocenters. The Balaban J connectivity index is 1.58. The lowest BCUT2D eigenvalue weighted by molar-refractivity contribution is 0.0935. The molecule has 2 aromatic rings. The van der Waals surface area contributed by atoms with E-state index in [2.05, 4.69) is 16.4 Å². The summed E-state index contributed by atoms with van der Waals surface area (Å²) in [5.41, 5.74) is 5.61. The molecule has 1 aromatic heterocycles. The van der Waals surface area contributed by atoms with Crippen molar-refractivity contribution in [3.8, 4) is 6.07 Å². The predicted octanol–water partition coefficient (Wildman–Crippen LogP) is 3.56. The van der Waals surface area contributed by atoms with Gasteiger partial charge < -0.3 is 5.32 Å². The number of pyridine rings is 1. The van der Waals surface area contributed by atoms with Gasteiger partial charge in [0.05, 0.1) is 28.9 Å². The summed E-state index contributed by atoms with van der Waals surface area (Å²) in [5.74, 6) is 0.409. The quantitative estimate of drug-likeness (QED) is 0.941. The first-order chi connectivity index (χ1) is 11.7. The van der Waals surface area contributed by atoms with Crippen LogP contribution in [-0.4, -0.2) is 10.9 Å². The van der Waals surface area contributed by atoms with Gasteiger partial charge in [0.2, 0.25) is 0 Å². The molecule has 2 aliphatic carbocycles. The highest BCUT2D eigenvalue weighted by Gasteiger charge is 2.31. The van der Waals surface area contributed by atoms with E-state index in [9.17, 15) is 4.79 Å². The lowest BCUT2D eigenvalue weighted by Crippen LogP contribution is -2.28. The molecule has 0 bridgehead atoms. The molecule has 1 aromatic carbocycles. The van der Waals surface area contributed by atoms with Crippen molar-refractivity contribution >= 4 is 5.91 Å². The van der Waals surface area contributed by atoms with Gasteiger partial charge in [-0.15, -0.1) is 0 Å². The fourth-order valence-corrected chi connectivity index (χ4v) is 3.51. The maximum atomic E-state index is 12.8. The van der Waals surface area contributed by atoms with Gasteiger partial charge in [-0.2, -0.15) is 5.26 Å². The monoisotopic (exact) mass is 317 g/mol. The molecule has 1 amide bonds. The van der Waals surface area contributed by atoms with Crippen LogP contribution in [0, 0.1) is 18.3 Å². The van der Waals surface area contributed by atoms with Gasteiger partial charge in [-0.3, -0.25) is 9.78 Å². The van der Waals surface area contributed by atoms with E-state index in [0.717, 1.165) is 42.6 Å². The molecule has 1 fully saturated rings. The highest BCUT2D eigenvalue weighted by atomic mass is 16.1. The van der Waals surface area contributed by atoms with Gasteiger partial charge >= 0.3 is 0 Å². The highest BCUT2D eigenvalue weighted by molar-refractivity contribution is 5.96. The van der Waals surface area contributed by atoms with Crippen molar-refractivity contribution < 1.29 is 4.79 Å². The number of nitriles is 1. The number of benzene rings is 1. The molecule has 0 saturated heterocycles. The normalized spacial score (nSPS) is 18.8. The molecule has 1 heterocycles. The number of nitrogens with one attached hydrogen (secondary N) is 1. The van der Waals surface area contributed by atoms with Crippen molar-refractivity contribution in [2.24, 2.45) is 0 Å². The molecule has 2 aliphatic rings. The summed E-state index contributed by atoms with van der Waals surface area (Å²) in [7, 11) is 0. The number of rotatable bonds is 3. The molecular formula is C20H19N3O. The van der Waals surface area contributed by atoms with Crippen LogP contribution in [0.1, 0.15) is 69.7 Å². The Hall–Kier alpha value is -2.67. The maximum absolute atomic E-state index is 12.8. The van der Waals surface area contributed by atoms with Crippen LogP contribution in [0.4, 0.5) is 0 Å². The van der Waals surface area contributed by atoms with E-state index in [1.54, 1.807) is 0 Å². The minimum absolute atomic E-state index is 0.0219. The van der Waals surface area contributed by atoms with Crippen molar-refractivity contribution in [1.29, 1.82) is 5.26 Å². The van der Waals surface area contributed by atoms with Crippen LogP contribution in [0.15, 0.2) is 30.3 Å². The lowest BCUT2D eigenvalue weighted by Gasteiger charge is -2.16. The van der Waals surface area contributed by atoms with Crippen LogP contribution in [0.5, 0.6) is 0 Å². The first-order valence-corrected chi connectivity index (χ1v) is 8.47. The fourth-order valence-electron chi connectivity index (χ4n) is 3.51. The van der Waals surface area contributed by atoms with E-state index in [1.165, 1.54) is 5.56 Å². The number of carbonyl (C=O) groups excluding carboxylic acids is 1. The third kappa shape index (κ3) is 2.67. The summed E-state index contributed by atoms with van der Waals surface area (Å²) >= 11 is 0. The summed E-state index contributed by atoms with van der Waals surface area (Å²) in [5, 5.41) is 12.2. The predicted molar refractivity (Wildman–Crippen MR) is 90.6 cm³/mol. The highest BCUT2D eigenvalue weighted by Crippen LogP contribution is 2.41. The number of amides is 1. The molecule has 4 nitrogen and oxygen atoms in total. The number of hydrogen-bond donors (Lipinski definition) is 1. The van der Waals surface area contributed by atoms with Gasteiger partial charge in [0, 0.05) is 11.6 Å². The molecule has 0 spiro atoms. The second-order valence-electron chi connectivity index (χ2n) is 6.75. The zero-order valence-corrected chi connectivity index (χ0v) is 13.7. The smallest absolute Gasteiger partial charge is 0.253 e. The number of carbonyl (C=O) groups is 1. The Morgan fingerprint density at radius 3 is 2.83 bits per heavy atom. The second-order valence-corrected chi connectivity index (χ2v) is 6.75. The molecule has 0 radical (unpaired) electrons. The Morgan fingerprint density at radius 2 is 2.08 bits per heavy atom. The average Bonchev–Trinajstić information content (AvgIpc) is 3.37. The lowest BCUT2D eigenvalue weighted by atomic mass is 10.0. The van der Waals surface area contributed by atoms with Crippen LogP contribution in [0.2, 0.25) is 0 Å². The molecule has 4 heteroatoms. The largest absolute Gasteiger partial charge is 0.345 e. The van der Waals surface area contributed by atoms with Gasteiger partial charge in [-0.25, -0.2) is 0 Å². The Labute approximate surface area is 141 Å². The van der Waals surface area contributed by atoms with Crippen LogP contribution in [0.25, 0.3) is 0 Å². The molecule has 4 rings (SSSR count). The van der Waals surface area contributed by atoms with Crippen LogP contribution < -0.4 is 5.32 Å². The van der Waals surface area contributed by atoms with Gasteiger partial charge in [0.1, 0.15) is 0 Å². The number of aryl methyl sites for hydroxylation is 2. The topological polar surface area (TPSA) is 65.8 Å². The molecule has 24 heavy (non-hydrogen) atoms. The van der Waals surface area contributed by atoms with E-state index in [4.69, 9.17) is 5.26 Å². The number of fused-ring (bicyclic) bond motifs is 1. The van der Waals surface area contributed by atoms with Gasteiger partial charge in [-0.05, 0) is 68.0 Å². The Bertz CT molecular complexity index is 862. The molecule has 1 N–H and O–H groups in total. The summed E-state index contributed by atoms with van der Waals surface area (Å²) in [4.78, 5) is 17.4. The van der Waals surface area contributed by atoms with Crippen LogP contribution in [-0.2, 0) is 6.42 Å². The second kappa shape index (κ2) is 5.76. The SMILES string of the molecule is Cc1ccc(C(=O)NC2CCc3cc(C#N)ccc32)c(C2CC2)n1.